The Labute approximate surface area is 100 Å². The Hall–Kier alpha value is -1.97. The largest absolute Gasteiger partial charge is 0.496 e. The number of nitrogen functional groups attached to an aromatic ring is 1. The number of rotatable bonds is 2. The Kier molecular flexibility index (Phi) is 2.79. The summed E-state index contributed by atoms with van der Waals surface area (Å²) in [5, 5.41) is 0. The standard InChI is InChI=1S/C13H16N2O2/c1-7-8(2)11(16-4)6-5-10(7)12-9(3)15-13(14)17-12/h5-6H,1-4H3,(H2,14,15). The molecule has 0 aliphatic carbocycles. The van der Waals surface area contributed by atoms with Crippen LogP contribution in [0.4, 0.5) is 6.01 Å². The summed E-state index contributed by atoms with van der Waals surface area (Å²) in [6.45, 7) is 5.94. The fourth-order valence-corrected chi connectivity index (χ4v) is 1.93. The molecule has 0 unspecified atom stereocenters. The van der Waals surface area contributed by atoms with Crippen LogP contribution in [0.15, 0.2) is 16.5 Å². The summed E-state index contributed by atoms with van der Waals surface area (Å²) in [5.74, 6) is 1.60. The van der Waals surface area contributed by atoms with E-state index in [0.29, 0.717) is 0 Å². The number of benzene rings is 1. The Morgan fingerprint density at radius 1 is 1.18 bits per heavy atom. The molecule has 0 fully saturated rings. The number of hydrogen-bond acceptors (Lipinski definition) is 4. The van der Waals surface area contributed by atoms with Gasteiger partial charge < -0.3 is 14.9 Å². The fraction of sp³-hybridized carbons (Fsp3) is 0.308. The molecule has 4 nitrogen and oxygen atoms in total. The first-order valence-corrected chi connectivity index (χ1v) is 5.42. The summed E-state index contributed by atoms with van der Waals surface area (Å²) in [6.07, 6.45) is 0. The summed E-state index contributed by atoms with van der Waals surface area (Å²) in [6, 6.07) is 4.09. The second-order valence-corrected chi connectivity index (χ2v) is 4.03. The lowest BCUT2D eigenvalue weighted by atomic mass is 10.00. The van der Waals surface area contributed by atoms with Crippen LogP contribution in [0.2, 0.25) is 0 Å². The SMILES string of the molecule is COc1ccc(-c2oc(N)nc2C)c(C)c1C. The average Bonchev–Trinajstić information content (AvgIpc) is 2.62. The van der Waals surface area contributed by atoms with Gasteiger partial charge >= 0.3 is 0 Å². The van der Waals surface area contributed by atoms with Crippen molar-refractivity contribution in [1.82, 2.24) is 4.98 Å². The molecule has 0 aliphatic rings. The van der Waals surface area contributed by atoms with Gasteiger partial charge in [0.25, 0.3) is 6.01 Å². The zero-order chi connectivity index (χ0) is 12.6. The van der Waals surface area contributed by atoms with E-state index in [1.54, 1.807) is 7.11 Å². The first-order chi connectivity index (χ1) is 8.04. The third-order valence-electron chi connectivity index (χ3n) is 3.02. The maximum absolute atomic E-state index is 5.56. The lowest BCUT2D eigenvalue weighted by molar-refractivity contribution is 0.411. The Morgan fingerprint density at radius 3 is 2.41 bits per heavy atom. The monoisotopic (exact) mass is 232 g/mol. The average molecular weight is 232 g/mol. The lowest BCUT2D eigenvalue weighted by Gasteiger charge is -2.11. The molecule has 0 amide bonds. The molecule has 0 saturated heterocycles. The number of aryl methyl sites for hydroxylation is 1. The molecular weight excluding hydrogens is 216 g/mol. The van der Waals surface area contributed by atoms with Crippen molar-refractivity contribution in [3.8, 4) is 17.1 Å². The van der Waals surface area contributed by atoms with Gasteiger partial charge in [-0.25, -0.2) is 0 Å². The first-order valence-electron chi connectivity index (χ1n) is 5.42. The van der Waals surface area contributed by atoms with Gasteiger partial charge in [0.15, 0.2) is 5.76 Å². The van der Waals surface area contributed by atoms with Gasteiger partial charge in [-0.2, -0.15) is 4.98 Å². The highest BCUT2D eigenvalue weighted by molar-refractivity contribution is 5.68. The van der Waals surface area contributed by atoms with E-state index in [-0.39, 0.29) is 6.01 Å². The minimum atomic E-state index is 0.199. The second kappa shape index (κ2) is 4.13. The molecule has 1 aromatic carbocycles. The van der Waals surface area contributed by atoms with Crippen molar-refractivity contribution in [2.75, 3.05) is 12.8 Å². The van der Waals surface area contributed by atoms with E-state index in [1.165, 1.54) is 0 Å². The van der Waals surface area contributed by atoms with Gasteiger partial charge in [0.1, 0.15) is 5.75 Å². The Balaban J connectivity index is 2.61. The Bertz CT molecular complexity index is 559. The van der Waals surface area contributed by atoms with Crippen LogP contribution in [-0.2, 0) is 0 Å². The molecule has 17 heavy (non-hydrogen) atoms. The summed E-state index contributed by atoms with van der Waals surface area (Å²) >= 11 is 0. The van der Waals surface area contributed by atoms with Gasteiger partial charge in [0, 0.05) is 5.56 Å². The van der Waals surface area contributed by atoms with E-state index in [0.717, 1.165) is 33.9 Å². The number of hydrogen-bond donors (Lipinski definition) is 1. The zero-order valence-corrected chi connectivity index (χ0v) is 10.5. The van der Waals surface area contributed by atoms with E-state index >= 15 is 0 Å². The van der Waals surface area contributed by atoms with Crippen LogP contribution in [0.3, 0.4) is 0 Å². The number of ether oxygens (including phenoxy) is 1. The third-order valence-corrected chi connectivity index (χ3v) is 3.02. The molecule has 2 N–H and O–H groups in total. The van der Waals surface area contributed by atoms with Crippen LogP contribution in [0.25, 0.3) is 11.3 Å². The molecule has 90 valence electrons. The number of nitrogens with two attached hydrogens (primary N) is 1. The predicted molar refractivity (Wildman–Crippen MR) is 67.1 cm³/mol. The predicted octanol–water partition coefficient (Wildman–Crippen LogP) is 2.86. The minimum Gasteiger partial charge on any atom is -0.496 e. The van der Waals surface area contributed by atoms with Gasteiger partial charge in [0.05, 0.1) is 12.8 Å². The van der Waals surface area contributed by atoms with Crippen molar-refractivity contribution in [2.45, 2.75) is 20.8 Å². The van der Waals surface area contributed by atoms with Crippen molar-refractivity contribution < 1.29 is 9.15 Å². The van der Waals surface area contributed by atoms with Crippen molar-refractivity contribution >= 4 is 6.01 Å². The third kappa shape index (κ3) is 1.86. The molecule has 0 radical (unpaired) electrons. The molecular formula is C13H16N2O2. The van der Waals surface area contributed by atoms with Gasteiger partial charge in [-0.1, -0.05) is 0 Å². The normalized spacial score (nSPS) is 10.6. The first kappa shape index (κ1) is 11.5. The summed E-state index contributed by atoms with van der Waals surface area (Å²) in [7, 11) is 1.67. The minimum absolute atomic E-state index is 0.199. The van der Waals surface area contributed by atoms with Crippen LogP contribution >= 0.6 is 0 Å². The van der Waals surface area contributed by atoms with Gasteiger partial charge in [-0.15, -0.1) is 0 Å². The highest BCUT2D eigenvalue weighted by Gasteiger charge is 2.15. The number of aromatic nitrogens is 1. The van der Waals surface area contributed by atoms with Crippen LogP contribution in [0, 0.1) is 20.8 Å². The zero-order valence-electron chi connectivity index (χ0n) is 10.5. The summed E-state index contributed by atoms with van der Waals surface area (Å²) in [5.41, 5.74) is 9.58. The maximum atomic E-state index is 5.56. The number of methoxy groups -OCH3 is 1. The van der Waals surface area contributed by atoms with E-state index in [2.05, 4.69) is 4.98 Å². The highest BCUT2D eigenvalue weighted by Crippen LogP contribution is 2.33. The van der Waals surface area contributed by atoms with Gasteiger partial charge in [0.2, 0.25) is 0 Å². The molecule has 1 heterocycles. The number of nitrogens with zero attached hydrogens (tertiary/aromatic N) is 1. The van der Waals surface area contributed by atoms with E-state index in [9.17, 15) is 0 Å². The van der Waals surface area contributed by atoms with Crippen LogP contribution in [0.1, 0.15) is 16.8 Å². The number of anilines is 1. The molecule has 0 bridgehead atoms. The molecule has 2 rings (SSSR count). The van der Waals surface area contributed by atoms with Gasteiger partial charge in [-0.3, -0.25) is 0 Å². The second-order valence-electron chi connectivity index (χ2n) is 4.03. The number of oxazole rings is 1. The molecule has 1 aromatic heterocycles. The fourth-order valence-electron chi connectivity index (χ4n) is 1.93. The van der Waals surface area contributed by atoms with Crippen molar-refractivity contribution in [3.63, 3.8) is 0 Å². The lowest BCUT2D eigenvalue weighted by Crippen LogP contribution is -1.93. The molecule has 0 aliphatic heterocycles. The van der Waals surface area contributed by atoms with E-state index in [1.807, 2.05) is 32.9 Å². The van der Waals surface area contributed by atoms with Crippen LogP contribution in [0.5, 0.6) is 5.75 Å². The smallest absolute Gasteiger partial charge is 0.292 e. The van der Waals surface area contributed by atoms with Gasteiger partial charge in [-0.05, 0) is 44.0 Å². The van der Waals surface area contributed by atoms with Crippen molar-refractivity contribution in [2.24, 2.45) is 0 Å². The van der Waals surface area contributed by atoms with E-state index in [4.69, 9.17) is 14.9 Å². The van der Waals surface area contributed by atoms with E-state index < -0.39 is 0 Å². The van der Waals surface area contributed by atoms with Crippen LogP contribution in [-0.4, -0.2) is 12.1 Å². The van der Waals surface area contributed by atoms with Crippen LogP contribution < -0.4 is 10.5 Å². The highest BCUT2D eigenvalue weighted by atomic mass is 16.5. The summed E-state index contributed by atoms with van der Waals surface area (Å²) < 4.78 is 10.7. The molecule has 0 saturated carbocycles. The topological polar surface area (TPSA) is 61.3 Å². The molecule has 0 atom stereocenters. The Morgan fingerprint density at radius 2 is 1.88 bits per heavy atom. The quantitative estimate of drug-likeness (QED) is 0.864. The van der Waals surface area contributed by atoms with Crippen molar-refractivity contribution in [1.29, 1.82) is 0 Å². The van der Waals surface area contributed by atoms with Crippen molar-refractivity contribution in [3.05, 3.63) is 29.0 Å². The molecule has 4 heteroatoms. The maximum Gasteiger partial charge on any atom is 0.292 e. The molecule has 0 spiro atoms. The summed E-state index contributed by atoms with van der Waals surface area (Å²) in [4.78, 5) is 4.08. The molecule has 2 aromatic rings.